The van der Waals surface area contributed by atoms with Crippen LogP contribution in [0.1, 0.15) is 30.7 Å². The lowest BCUT2D eigenvalue weighted by Gasteiger charge is -2.21. The van der Waals surface area contributed by atoms with Crippen molar-refractivity contribution in [1.82, 2.24) is 0 Å². The summed E-state index contributed by atoms with van der Waals surface area (Å²) in [5.41, 5.74) is 1.15. The van der Waals surface area contributed by atoms with E-state index in [0.29, 0.717) is 25.6 Å². The molecule has 19 heavy (non-hydrogen) atoms. The third kappa shape index (κ3) is 2.67. The van der Waals surface area contributed by atoms with Crippen molar-refractivity contribution in [3.63, 3.8) is 0 Å². The first-order valence-corrected chi connectivity index (χ1v) is 6.74. The summed E-state index contributed by atoms with van der Waals surface area (Å²) in [6, 6.07) is 6.00. The Kier molecular flexibility index (Phi) is 3.32. The Hall–Kier alpha value is -1.71. The number of hydrogen-bond donors (Lipinski definition) is 0. The molecule has 0 bridgehead atoms. The Morgan fingerprint density at radius 3 is 2.74 bits per heavy atom. The van der Waals surface area contributed by atoms with Gasteiger partial charge in [-0.3, -0.25) is 4.79 Å². The summed E-state index contributed by atoms with van der Waals surface area (Å²) in [4.78, 5) is 11.5. The number of esters is 1. The van der Waals surface area contributed by atoms with Gasteiger partial charge in [-0.2, -0.15) is 0 Å². The highest BCUT2D eigenvalue weighted by Gasteiger charge is 2.34. The largest absolute Gasteiger partial charge is 0.486 e. The maximum Gasteiger partial charge on any atom is 0.306 e. The van der Waals surface area contributed by atoms with Gasteiger partial charge in [-0.25, -0.2) is 0 Å². The molecule has 102 valence electrons. The minimum absolute atomic E-state index is 0.146. The van der Waals surface area contributed by atoms with Crippen LogP contribution in [0.5, 0.6) is 11.5 Å². The Bertz CT molecular complexity index is 479. The maximum absolute atomic E-state index is 11.5. The fraction of sp³-hybridized carbons (Fsp3) is 0.533. The van der Waals surface area contributed by atoms with Crippen LogP contribution in [-0.2, 0) is 9.53 Å². The number of methoxy groups -OCH3 is 1. The van der Waals surface area contributed by atoms with Crippen LogP contribution < -0.4 is 9.47 Å². The van der Waals surface area contributed by atoms with E-state index in [1.807, 2.05) is 18.2 Å². The van der Waals surface area contributed by atoms with Crippen molar-refractivity contribution in [2.75, 3.05) is 20.3 Å². The number of rotatable bonds is 4. The van der Waals surface area contributed by atoms with Crippen molar-refractivity contribution in [2.24, 2.45) is 5.92 Å². The van der Waals surface area contributed by atoms with Gasteiger partial charge >= 0.3 is 5.97 Å². The van der Waals surface area contributed by atoms with Crippen molar-refractivity contribution >= 4 is 5.97 Å². The lowest BCUT2D eigenvalue weighted by atomic mass is 9.90. The van der Waals surface area contributed by atoms with Gasteiger partial charge in [-0.1, -0.05) is 6.07 Å². The number of hydrogen-bond acceptors (Lipinski definition) is 4. The SMILES string of the molecule is COC(=O)CC(c1ccc2c(c1)OCCO2)C1CC1. The minimum atomic E-state index is -0.146. The van der Waals surface area contributed by atoms with E-state index in [4.69, 9.17) is 14.2 Å². The van der Waals surface area contributed by atoms with Crippen molar-refractivity contribution < 1.29 is 19.0 Å². The second-order valence-corrected chi connectivity index (χ2v) is 5.13. The molecule has 0 aromatic heterocycles. The Labute approximate surface area is 112 Å². The molecule has 1 atom stereocenters. The van der Waals surface area contributed by atoms with Gasteiger partial charge in [0.1, 0.15) is 13.2 Å². The van der Waals surface area contributed by atoms with E-state index >= 15 is 0 Å². The van der Waals surface area contributed by atoms with E-state index in [1.54, 1.807) is 0 Å². The highest BCUT2D eigenvalue weighted by molar-refractivity contribution is 5.70. The van der Waals surface area contributed by atoms with Crippen LogP contribution in [0.25, 0.3) is 0 Å². The molecular formula is C15H18O4. The Morgan fingerprint density at radius 2 is 2.05 bits per heavy atom. The number of fused-ring (bicyclic) bond motifs is 1. The zero-order valence-corrected chi connectivity index (χ0v) is 11.1. The normalized spacial score (nSPS) is 18.8. The molecule has 1 fully saturated rings. The molecule has 1 heterocycles. The van der Waals surface area contributed by atoms with Crippen LogP contribution in [0.4, 0.5) is 0 Å². The first-order chi connectivity index (χ1) is 9.28. The fourth-order valence-corrected chi connectivity index (χ4v) is 2.61. The van der Waals surface area contributed by atoms with Crippen molar-refractivity contribution in [3.05, 3.63) is 23.8 Å². The molecule has 1 aromatic carbocycles. The molecule has 3 rings (SSSR count). The lowest BCUT2D eigenvalue weighted by Crippen LogP contribution is -2.16. The van der Waals surface area contributed by atoms with E-state index in [1.165, 1.54) is 20.0 Å². The average molecular weight is 262 g/mol. The summed E-state index contributed by atoms with van der Waals surface area (Å²) in [6.45, 7) is 1.18. The van der Waals surface area contributed by atoms with E-state index in [2.05, 4.69) is 0 Å². The molecule has 4 heteroatoms. The van der Waals surface area contributed by atoms with E-state index in [9.17, 15) is 4.79 Å². The van der Waals surface area contributed by atoms with Gasteiger partial charge in [-0.15, -0.1) is 0 Å². The minimum Gasteiger partial charge on any atom is -0.486 e. The summed E-state index contributed by atoms with van der Waals surface area (Å²) in [7, 11) is 1.44. The second kappa shape index (κ2) is 5.11. The molecule has 0 saturated heterocycles. The topological polar surface area (TPSA) is 44.8 Å². The van der Waals surface area contributed by atoms with E-state index in [-0.39, 0.29) is 11.9 Å². The van der Waals surface area contributed by atoms with Crippen molar-refractivity contribution in [3.8, 4) is 11.5 Å². The van der Waals surface area contributed by atoms with Gasteiger partial charge in [0.05, 0.1) is 13.5 Å². The Balaban J connectivity index is 1.83. The first-order valence-electron chi connectivity index (χ1n) is 6.74. The van der Waals surface area contributed by atoms with Crippen LogP contribution in [-0.4, -0.2) is 26.3 Å². The smallest absolute Gasteiger partial charge is 0.306 e. The zero-order chi connectivity index (χ0) is 13.2. The van der Waals surface area contributed by atoms with Gasteiger partial charge in [0.25, 0.3) is 0 Å². The number of benzene rings is 1. The van der Waals surface area contributed by atoms with Gasteiger partial charge < -0.3 is 14.2 Å². The van der Waals surface area contributed by atoms with Gasteiger partial charge in [0, 0.05) is 0 Å². The fourth-order valence-electron chi connectivity index (χ4n) is 2.61. The molecule has 1 unspecified atom stereocenters. The molecule has 1 aromatic rings. The third-order valence-electron chi connectivity index (χ3n) is 3.80. The number of carbonyl (C=O) groups excluding carboxylic acids is 1. The third-order valence-corrected chi connectivity index (χ3v) is 3.80. The zero-order valence-electron chi connectivity index (χ0n) is 11.1. The quantitative estimate of drug-likeness (QED) is 0.782. The highest BCUT2D eigenvalue weighted by atomic mass is 16.6. The van der Waals surface area contributed by atoms with Crippen LogP contribution >= 0.6 is 0 Å². The van der Waals surface area contributed by atoms with Crippen LogP contribution in [0.3, 0.4) is 0 Å². The van der Waals surface area contributed by atoms with Crippen LogP contribution in [0, 0.1) is 5.92 Å². The van der Waals surface area contributed by atoms with Crippen molar-refractivity contribution in [2.45, 2.75) is 25.2 Å². The summed E-state index contributed by atoms with van der Waals surface area (Å²) in [5.74, 6) is 2.28. The van der Waals surface area contributed by atoms with Gasteiger partial charge in [0.15, 0.2) is 11.5 Å². The summed E-state index contributed by atoms with van der Waals surface area (Å²) in [6.07, 6.45) is 2.83. The summed E-state index contributed by atoms with van der Waals surface area (Å²) < 4.78 is 15.9. The number of carbonyl (C=O) groups is 1. The molecular weight excluding hydrogens is 244 g/mol. The summed E-state index contributed by atoms with van der Waals surface area (Å²) >= 11 is 0. The molecule has 0 radical (unpaired) electrons. The molecule has 0 amide bonds. The van der Waals surface area contributed by atoms with Crippen molar-refractivity contribution in [1.29, 1.82) is 0 Å². The predicted octanol–water partition coefficient (Wildman–Crippen LogP) is 2.51. The Morgan fingerprint density at radius 1 is 1.32 bits per heavy atom. The maximum atomic E-state index is 11.5. The second-order valence-electron chi connectivity index (χ2n) is 5.13. The van der Waals surface area contributed by atoms with Crippen LogP contribution in [0.15, 0.2) is 18.2 Å². The highest BCUT2D eigenvalue weighted by Crippen LogP contribution is 2.46. The monoisotopic (exact) mass is 262 g/mol. The molecule has 0 spiro atoms. The molecule has 1 saturated carbocycles. The standard InChI is InChI=1S/C15H18O4/c1-17-15(16)9-12(10-2-3-10)11-4-5-13-14(8-11)19-7-6-18-13/h4-5,8,10,12H,2-3,6-7,9H2,1H3. The first kappa shape index (κ1) is 12.3. The average Bonchev–Trinajstić information content (AvgIpc) is 3.28. The van der Waals surface area contributed by atoms with Gasteiger partial charge in [-0.05, 0) is 42.4 Å². The molecule has 1 aliphatic heterocycles. The molecule has 2 aliphatic rings. The predicted molar refractivity (Wildman–Crippen MR) is 69.5 cm³/mol. The number of ether oxygens (including phenoxy) is 3. The lowest BCUT2D eigenvalue weighted by molar-refractivity contribution is -0.141. The van der Waals surface area contributed by atoms with Crippen LogP contribution in [0.2, 0.25) is 0 Å². The molecule has 1 aliphatic carbocycles. The van der Waals surface area contributed by atoms with E-state index < -0.39 is 0 Å². The van der Waals surface area contributed by atoms with Gasteiger partial charge in [0.2, 0.25) is 0 Å². The van der Waals surface area contributed by atoms with E-state index in [0.717, 1.165) is 17.1 Å². The molecule has 0 N–H and O–H groups in total. The summed E-state index contributed by atoms with van der Waals surface area (Å²) in [5, 5.41) is 0. The molecule has 4 nitrogen and oxygen atoms in total.